The van der Waals surface area contributed by atoms with Crippen LogP contribution in [0.1, 0.15) is 62.2 Å². The number of amides is 1. The zero-order valence-corrected chi connectivity index (χ0v) is 17.9. The first-order chi connectivity index (χ1) is 14.0. The normalized spacial score (nSPS) is 10.7. The molecule has 0 aliphatic heterocycles. The molecule has 0 radical (unpaired) electrons. The van der Waals surface area contributed by atoms with Gasteiger partial charge in [0.15, 0.2) is 10.1 Å². The van der Waals surface area contributed by atoms with E-state index in [4.69, 9.17) is 0 Å². The molecule has 1 aromatic heterocycles. The number of hydrogen-bond donors (Lipinski definition) is 1. The standard InChI is InChI=1S/C19H24N4O4S2/c1-2-3-4-5-6-7-8-17(25)20-18-21-22-19(29-18)28-13-16(24)14-9-11-15(12-10-14)23(26)27/h9-12H,2-8,13H2,1H3,(H,20,21,25). The third-order valence-electron chi connectivity index (χ3n) is 4.14. The van der Waals surface area contributed by atoms with Gasteiger partial charge in [0.05, 0.1) is 10.7 Å². The maximum absolute atomic E-state index is 12.2. The van der Waals surface area contributed by atoms with E-state index in [1.807, 2.05) is 0 Å². The lowest BCUT2D eigenvalue weighted by atomic mass is 10.1. The quantitative estimate of drug-likeness (QED) is 0.116. The van der Waals surface area contributed by atoms with Crippen molar-refractivity contribution in [3.8, 4) is 0 Å². The Hall–Kier alpha value is -2.33. The maximum atomic E-state index is 12.2. The van der Waals surface area contributed by atoms with Gasteiger partial charge in [-0.1, -0.05) is 62.1 Å². The molecule has 1 amide bonds. The number of aromatic nitrogens is 2. The highest BCUT2D eigenvalue weighted by molar-refractivity contribution is 8.01. The number of nitrogens with zero attached hydrogens (tertiary/aromatic N) is 3. The molecule has 8 nitrogen and oxygen atoms in total. The molecule has 0 saturated heterocycles. The summed E-state index contributed by atoms with van der Waals surface area (Å²) < 4.78 is 0.579. The number of ketones is 1. The van der Waals surface area contributed by atoms with Crippen LogP contribution in [0.3, 0.4) is 0 Å². The second kappa shape index (κ2) is 12.3. The van der Waals surface area contributed by atoms with Crippen LogP contribution < -0.4 is 5.32 Å². The minimum atomic E-state index is -0.507. The summed E-state index contributed by atoms with van der Waals surface area (Å²) in [5.41, 5.74) is 0.347. The Kier molecular flexibility index (Phi) is 9.72. The molecule has 156 valence electrons. The average Bonchev–Trinajstić information content (AvgIpc) is 3.16. The van der Waals surface area contributed by atoms with Crippen molar-refractivity contribution in [1.29, 1.82) is 0 Å². The first-order valence-electron chi connectivity index (χ1n) is 9.53. The van der Waals surface area contributed by atoms with Crippen LogP contribution in [0.25, 0.3) is 0 Å². The van der Waals surface area contributed by atoms with E-state index in [0.717, 1.165) is 19.3 Å². The van der Waals surface area contributed by atoms with Crippen LogP contribution in [0.2, 0.25) is 0 Å². The minimum absolute atomic E-state index is 0.0559. The van der Waals surface area contributed by atoms with E-state index >= 15 is 0 Å². The largest absolute Gasteiger partial charge is 0.301 e. The molecular weight excluding hydrogens is 412 g/mol. The number of thioether (sulfide) groups is 1. The van der Waals surface area contributed by atoms with Crippen LogP contribution in [0.5, 0.6) is 0 Å². The summed E-state index contributed by atoms with van der Waals surface area (Å²) in [5, 5.41) is 21.7. The smallest absolute Gasteiger partial charge is 0.269 e. The zero-order valence-electron chi connectivity index (χ0n) is 16.3. The molecule has 29 heavy (non-hydrogen) atoms. The lowest BCUT2D eigenvalue weighted by Crippen LogP contribution is -2.10. The third-order valence-corrected chi connectivity index (χ3v) is 6.11. The second-order valence-electron chi connectivity index (χ2n) is 6.45. The Morgan fingerprint density at radius 2 is 1.79 bits per heavy atom. The highest BCUT2D eigenvalue weighted by Crippen LogP contribution is 2.26. The summed E-state index contributed by atoms with van der Waals surface area (Å²) >= 11 is 2.44. The Bertz CT molecular complexity index is 824. The van der Waals surface area contributed by atoms with Crippen molar-refractivity contribution < 1.29 is 14.5 Å². The summed E-state index contributed by atoms with van der Waals surface area (Å²) in [6, 6.07) is 5.49. The van der Waals surface area contributed by atoms with Crippen LogP contribution in [0, 0.1) is 10.1 Å². The van der Waals surface area contributed by atoms with E-state index in [0.29, 0.717) is 21.5 Å². The van der Waals surface area contributed by atoms with Gasteiger partial charge in [-0.05, 0) is 18.6 Å². The van der Waals surface area contributed by atoms with Gasteiger partial charge in [0.1, 0.15) is 0 Å². The summed E-state index contributed by atoms with van der Waals surface area (Å²) in [6.45, 7) is 2.17. The molecule has 0 aliphatic carbocycles. The SMILES string of the molecule is CCCCCCCCC(=O)Nc1nnc(SCC(=O)c2ccc([N+](=O)[O-])cc2)s1. The van der Waals surface area contributed by atoms with E-state index in [1.54, 1.807) is 0 Å². The highest BCUT2D eigenvalue weighted by atomic mass is 32.2. The van der Waals surface area contributed by atoms with Gasteiger partial charge in [-0.2, -0.15) is 0 Å². The molecule has 0 saturated carbocycles. The average molecular weight is 437 g/mol. The number of carbonyl (C=O) groups excluding carboxylic acids is 2. The van der Waals surface area contributed by atoms with Crippen LogP contribution in [-0.2, 0) is 4.79 Å². The number of rotatable bonds is 13. The lowest BCUT2D eigenvalue weighted by Gasteiger charge is -2.01. The number of nitrogens with one attached hydrogen (secondary N) is 1. The first kappa shape index (κ1) is 23.0. The molecule has 0 fully saturated rings. The van der Waals surface area contributed by atoms with E-state index < -0.39 is 4.92 Å². The molecule has 0 atom stereocenters. The first-order valence-corrected chi connectivity index (χ1v) is 11.3. The van der Waals surface area contributed by atoms with E-state index in [-0.39, 0.29) is 23.1 Å². The van der Waals surface area contributed by atoms with Crippen LogP contribution in [0.15, 0.2) is 28.6 Å². The van der Waals surface area contributed by atoms with Crippen molar-refractivity contribution >= 4 is 45.6 Å². The number of unbranched alkanes of at least 4 members (excludes halogenated alkanes) is 5. The highest BCUT2D eigenvalue weighted by Gasteiger charge is 2.13. The van der Waals surface area contributed by atoms with Gasteiger partial charge in [0, 0.05) is 24.1 Å². The lowest BCUT2D eigenvalue weighted by molar-refractivity contribution is -0.384. The van der Waals surface area contributed by atoms with Crippen molar-refractivity contribution in [3.63, 3.8) is 0 Å². The molecule has 1 heterocycles. The minimum Gasteiger partial charge on any atom is -0.301 e. The molecular formula is C19H24N4O4S2. The van der Waals surface area contributed by atoms with Crippen LogP contribution in [-0.4, -0.2) is 32.6 Å². The van der Waals surface area contributed by atoms with E-state index in [9.17, 15) is 19.7 Å². The summed E-state index contributed by atoms with van der Waals surface area (Å²) in [4.78, 5) is 34.3. The van der Waals surface area contributed by atoms with Crippen molar-refractivity contribution in [1.82, 2.24) is 10.2 Å². The van der Waals surface area contributed by atoms with Gasteiger partial charge in [-0.25, -0.2) is 0 Å². The topological polar surface area (TPSA) is 115 Å². The second-order valence-corrected chi connectivity index (χ2v) is 8.65. The summed E-state index contributed by atoms with van der Waals surface area (Å²) in [5.74, 6) is -0.0954. The molecule has 0 aliphatic rings. The van der Waals surface area contributed by atoms with Crippen LogP contribution in [0.4, 0.5) is 10.8 Å². The van der Waals surface area contributed by atoms with Crippen molar-refractivity contribution in [2.75, 3.05) is 11.1 Å². The Morgan fingerprint density at radius 1 is 1.10 bits per heavy atom. The number of nitro groups is 1. The molecule has 1 aromatic carbocycles. The summed E-state index contributed by atoms with van der Waals surface area (Å²) in [6.07, 6.45) is 7.20. The number of benzene rings is 1. The molecule has 0 spiro atoms. The van der Waals surface area contributed by atoms with Gasteiger partial charge in [-0.3, -0.25) is 19.7 Å². The van der Waals surface area contributed by atoms with Gasteiger partial charge in [-0.15, -0.1) is 10.2 Å². The van der Waals surface area contributed by atoms with Crippen molar-refractivity contribution in [2.24, 2.45) is 0 Å². The molecule has 0 bridgehead atoms. The monoisotopic (exact) mass is 436 g/mol. The number of anilines is 1. The summed E-state index contributed by atoms with van der Waals surface area (Å²) in [7, 11) is 0. The third kappa shape index (κ3) is 8.28. The maximum Gasteiger partial charge on any atom is 0.269 e. The van der Waals surface area contributed by atoms with E-state index in [2.05, 4.69) is 22.4 Å². The Labute approximate surface area is 177 Å². The van der Waals surface area contributed by atoms with Gasteiger partial charge in [0.2, 0.25) is 11.0 Å². The molecule has 0 unspecified atom stereocenters. The zero-order chi connectivity index (χ0) is 21.1. The number of non-ortho nitro benzene ring substituents is 1. The number of hydrogen-bond acceptors (Lipinski definition) is 8. The predicted molar refractivity (Wildman–Crippen MR) is 115 cm³/mol. The van der Waals surface area contributed by atoms with Crippen molar-refractivity contribution in [3.05, 3.63) is 39.9 Å². The van der Waals surface area contributed by atoms with Crippen LogP contribution >= 0.6 is 23.1 Å². The fraction of sp³-hybridized carbons (Fsp3) is 0.474. The number of carbonyl (C=O) groups is 2. The van der Waals surface area contributed by atoms with Crippen molar-refractivity contribution in [2.45, 2.75) is 56.2 Å². The Morgan fingerprint density at radius 3 is 2.48 bits per heavy atom. The molecule has 10 heteroatoms. The number of nitro benzene ring substituents is 1. The van der Waals surface area contributed by atoms with Gasteiger partial charge >= 0.3 is 0 Å². The Balaban J connectivity index is 1.72. The predicted octanol–water partition coefficient (Wildman–Crippen LogP) is 5.11. The fourth-order valence-corrected chi connectivity index (χ4v) is 4.21. The molecule has 2 aromatic rings. The van der Waals surface area contributed by atoms with E-state index in [1.165, 1.54) is 66.6 Å². The van der Waals surface area contributed by atoms with Gasteiger partial charge < -0.3 is 5.32 Å². The fourth-order valence-electron chi connectivity index (χ4n) is 2.55. The van der Waals surface area contributed by atoms with Gasteiger partial charge in [0.25, 0.3) is 5.69 Å². The molecule has 2 rings (SSSR count). The number of Topliss-reactive ketones (excluding diaryl/α,β-unsaturated/α-hetero) is 1. The molecule has 1 N–H and O–H groups in total.